The van der Waals surface area contributed by atoms with Crippen molar-refractivity contribution in [2.45, 2.75) is 70.8 Å². The minimum atomic E-state index is -1.15. The molecule has 0 saturated heterocycles. The largest absolute Gasteiger partial charge is 1.00 e. The van der Waals surface area contributed by atoms with Gasteiger partial charge in [0.1, 0.15) is 0 Å². The predicted octanol–water partition coefficient (Wildman–Crippen LogP) is 2.17. The molecule has 0 unspecified atom stereocenters. The summed E-state index contributed by atoms with van der Waals surface area (Å²) in [6.07, 6.45) is 9.05. The molecule has 0 aliphatic carbocycles. The van der Waals surface area contributed by atoms with Gasteiger partial charge in [-0.1, -0.05) is 81.8 Å². The number of unbranched alkanes of at least 4 members (excludes halogenated alkanes) is 5. The molecule has 0 spiro atoms. The number of carboxylic acids is 1. The molecule has 1 heterocycles. The zero-order valence-electron chi connectivity index (χ0n) is 19.3. The number of carbonyl (C=O) groups excluding carboxylic acids is 1. The quantitative estimate of drug-likeness (QED) is 0.357. The number of aryl methyl sites for hydroxylation is 2. The first-order valence-corrected chi connectivity index (χ1v) is 11.4. The summed E-state index contributed by atoms with van der Waals surface area (Å²) < 4.78 is 0. The molecular formula is C27H32LiNO3. The fourth-order valence-corrected chi connectivity index (χ4v) is 3.93. The summed E-state index contributed by atoms with van der Waals surface area (Å²) in [7, 11) is 0. The summed E-state index contributed by atoms with van der Waals surface area (Å²) in [5.41, 5.74) is 3.92. The molecule has 3 rings (SSSR count). The number of fused-ring (bicyclic) bond motifs is 1. The van der Waals surface area contributed by atoms with Crippen molar-refractivity contribution in [2.75, 3.05) is 0 Å². The van der Waals surface area contributed by atoms with Gasteiger partial charge in [-0.25, -0.2) is 0 Å². The Labute approximate surface area is 203 Å². The number of aliphatic hydroxyl groups excluding tert-OH is 1. The van der Waals surface area contributed by atoms with Crippen LogP contribution >= 0.6 is 0 Å². The number of nitrogens with zero attached hydrogens (tertiary/aromatic N) is 1. The SMILES string of the molecule is CCCCCCCC[C@@H](O)c1ccc2ccc(CCc3cccc(C(=O)[O-])c3)nc2c1.[Li+]. The van der Waals surface area contributed by atoms with E-state index in [1.165, 1.54) is 32.1 Å². The molecule has 1 atom stereocenters. The molecule has 2 aromatic carbocycles. The molecule has 0 aliphatic rings. The van der Waals surface area contributed by atoms with Crippen molar-refractivity contribution in [3.8, 4) is 0 Å². The number of carboxylic acid groups (broad SMARTS) is 1. The Kier molecular flexibility index (Phi) is 11.0. The minimum absolute atomic E-state index is 0. The van der Waals surface area contributed by atoms with Crippen LogP contribution < -0.4 is 24.0 Å². The van der Waals surface area contributed by atoms with E-state index in [9.17, 15) is 15.0 Å². The molecule has 164 valence electrons. The fraction of sp³-hybridized carbons (Fsp3) is 0.407. The average Bonchev–Trinajstić information content (AvgIpc) is 2.79. The van der Waals surface area contributed by atoms with Gasteiger partial charge in [-0.15, -0.1) is 0 Å². The summed E-state index contributed by atoms with van der Waals surface area (Å²) in [4.78, 5) is 15.8. The normalized spacial score (nSPS) is 11.8. The van der Waals surface area contributed by atoms with Crippen LogP contribution in [0.2, 0.25) is 0 Å². The van der Waals surface area contributed by atoms with Gasteiger partial charge < -0.3 is 15.0 Å². The van der Waals surface area contributed by atoms with E-state index in [0.717, 1.165) is 47.0 Å². The van der Waals surface area contributed by atoms with Crippen LogP contribution in [0.1, 0.15) is 85.2 Å². The van der Waals surface area contributed by atoms with Crippen LogP contribution in [0.5, 0.6) is 0 Å². The second kappa shape index (κ2) is 13.4. The molecule has 3 aromatic rings. The third-order valence-electron chi connectivity index (χ3n) is 5.82. The Bertz CT molecular complexity index is 1010. The summed E-state index contributed by atoms with van der Waals surface area (Å²) in [5, 5.41) is 22.7. The second-order valence-corrected chi connectivity index (χ2v) is 8.31. The van der Waals surface area contributed by atoms with Crippen LogP contribution in [0, 0.1) is 0 Å². The van der Waals surface area contributed by atoms with Gasteiger partial charge in [0, 0.05) is 11.1 Å². The van der Waals surface area contributed by atoms with E-state index in [0.29, 0.717) is 6.42 Å². The summed E-state index contributed by atoms with van der Waals surface area (Å²) in [5.74, 6) is -1.15. The fourth-order valence-electron chi connectivity index (χ4n) is 3.93. The number of hydrogen-bond acceptors (Lipinski definition) is 4. The number of aromatic carboxylic acids is 1. The summed E-state index contributed by atoms with van der Waals surface area (Å²) in [6, 6.07) is 17.0. The number of aromatic nitrogens is 1. The predicted molar refractivity (Wildman–Crippen MR) is 123 cm³/mol. The Morgan fingerprint density at radius 1 is 0.969 bits per heavy atom. The van der Waals surface area contributed by atoms with Crippen LogP contribution in [0.4, 0.5) is 0 Å². The first-order valence-electron chi connectivity index (χ1n) is 11.4. The molecule has 0 saturated carbocycles. The van der Waals surface area contributed by atoms with Crippen molar-refractivity contribution >= 4 is 16.9 Å². The van der Waals surface area contributed by atoms with E-state index < -0.39 is 12.1 Å². The molecule has 0 fully saturated rings. The third kappa shape index (κ3) is 7.78. The molecule has 0 aliphatic heterocycles. The summed E-state index contributed by atoms with van der Waals surface area (Å²) in [6.45, 7) is 2.22. The van der Waals surface area contributed by atoms with Gasteiger partial charge in [0.05, 0.1) is 17.6 Å². The second-order valence-electron chi connectivity index (χ2n) is 8.31. The van der Waals surface area contributed by atoms with E-state index >= 15 is 0 Å². The first-order chi connectivity index (χ1) is 15.1. The smallest absolute Gasteiger partial charge is 0.545 e. The third-order valence-corrected chi connectivity index (χ3v) is 5.82. The first kappa shape index (κ1) is 26.1. The molecule has 4 nitrogen and oxygen atoms in total. The molecule has 32 heavy (non-hydrogen) atoms. The van der Waals surface area contributed by atoms with Gasteiger partial charge in [0.2, 0.25) is 0 Å². The van der Waals surface area contributed by atoms with E-state index in [1.807, 2.05) is 30.3 Å². The standard InChI is InChI=1S/C27H33NO3.Li/c1-2-3-4-5-6-7-11-26(29)22-14-13-21-15-17-24(28-25(21)19-22)16-12-20-9-8-10-23(18-20)27(30)31;/h8-10,13-15,17-19,26,29H,2-7,11-12,16H2,1H3,(H,30,31);/q;+1/p-1/t26-;/m1./s1. The van der Waals surface area contributed by atoms with Crippen molar-refractivity contribution < 1.29 is 33.9 Å². The minimum Gasteiger partial charge on any atom is -0.545 e. The van der Waals surface area contributed by atoms with E-state index in [-0.39, 0.29) is 24.4 Å². The van der Waals surface area contributed by atoms with Gasteiger partial charge >= 0.3 is 18.9 Å². The van der Waals surface area contributed by atoms with Crippen molar-refractivity contribution in [1.29, 1.82) is 0 Å². The van der Waals surface area contributed by atoms with Gasteiger partial charge in [0.15, 0.2) is 0 Å². The number of rotatable bonds is 12. The number of aliphatic hydroxyl groups is 1. The van der Waals surface area contributed by atoms with Crippen LogP contribution in [0.25, 0.3) is 10.9 Å². The molecule has 5 heteroatoms. The van der Waals surface area contributed by atoms with Gasteiger partial charge in [0.25, 0.3) is 0 Å². The number of hydrogen-bond donors (Lipinski definition) is 1. The zero-order chi connectivity index (χ0) is 22.1. The zero-order valence-corrected chi connectivity index (χ0v) is 19.3. The molecule has 1 N–H and O–H groups in total. The van der Waals surface area contributed by atoms with Gasteiger partial charge in [-0.2, -0.15) is 0 Å². The molecule has 0 radical (unpaired) electrons. The average molecular weight is 425 g/mol. The van der Waals surface area contributed by atoms with Crippen molar-refractivity contribution in [2.24, 2.45) is 0 Å². The van der Waals surface area contributed by atoms with E-state index in [2.05, 4.69) is 13.0 Å². The van der Waals surface area contributed by atoms with Crippen LogP contribution in [0.15, 0.2) is 54.6 Å². The Hall–Kier alpha value is -2.12. The Balaban J connectivity index is 0.00000363. The molecule has 1 aromatic heterocycles. The van der Waals surface area contributed by atoms with Crippen molar-refractivity contribution in [1.82, 2.24) is 4.98 Å². The molecule has 0 bridgehead atoms. The maximum Gasteiger partial charge on any atom is 1.00 e. The van der Waals surface area contributed by atoms with Crippen LogP contribution in [-0.4, -0.2) is 16.1 Å². The van der Waals surface area contributed by atoms with E-state index in [1.54, 1.807) is 18.2 Å². The maximum atomic E-state index is 11.0. The number of pyridine rings is 1. The number of benzene rings is 2. The molecular weight excluding hydrogens is 393 g/mol. The topological polar surface area (TPSA) is 73.2 Å². The maximum absolute atomic E-state index is 11.0. The summed E-state index contributed by atoms with van der Waals surface area (Å²) >= 11 is 0. The number of carbonyl (C=O) groups is 1. The Morgan fingerprint density at radius 2 is 1.72 bits per heavy atom. The van der Waals surface area contributed by atoms with Crippen LogP contribution in [0.3, 0.4) is 0 Å². The monoisotopic (exact) mass is 425 g/mol. The van der Waals surface area contributed by atoms with Gasteiger partial charge in [-0.3, -0.25) is 4.98 Å². The Morgan fingerprint density at radius 3 is 2.50 bits per heavy atom. The van der Waals surface area contributed by atoms with Crippen molar-refractivity contribution in [3.63, 3.8) is 0 Å². The molecule has 0 amide bonds. The van der Waals surface area contributed by atoms with Crippen LogP contribution in [-0.2, 0) is 12.8 Å². The van der Waals surface area contributed by atoms with Gasteiger partial charge in [-0.05, 0) is 54.2 Å². The van der Waals surface area contributed by atoms with Crippen molar-refractivity contribution in [3.05, 3.63) is 77.0 Å². The van der Waals surface area contributed by atoms with E-state index in [4.69, 9.17) is 4.98 Å².